The van der Waals surface area contributed by atoms with Gasteiger partial charge in [-0.15, -0.1) is 0 Å². The van der Waals surface area contributed by atoms with Crippen molar-refractivity contribution < 1.29 is 22.7 Å². The molecule has 1 amide bonds. The van der Waals surface area contributed by atoms with Gasteiger partial charge in [-0.2, -0.15) is 5.10 Å². The van der Waals surface area contributed by atoms with Crippen LogP contribution in [0.4, 0.5) is 5.69 Å². The molecule has 172 valence electrons. The monoisotopic (exact) mass is 467 g/mol. The number of hydrogen-bond donors (Lipinski definition) is 1. The van der Waals surface area contributed by atoms with Gasteiger partial charge in [-0.05, 0) is 49.4 Å². The zero-order valence-electron chi connectivity index (χ0n) is 18.6. The molecule has 0 spiro atoms. The largest absolute Gasteiger partial charge is 0.493 e. The molecule has 3 aromatic rings. The van der Waals surface area contributed by atoms with E-state index in [-0.39, 0.29) is 4.90 Å². The molecule has 0 aliphatic heterocycles. The molecule has 9 heteroatoms. The van der Waals surface area contributed by atoms with Gasteiger partial charge in [-0.3, -0.25) is 9.10 Å². The Balaban J connectivity index is 1.82. The van der Waals surface area contributed by atoms with E-state index in [1.54, 1.807) is 80.8 Å². The highest BCUT2D eigenvalue weighted by atomic mass is 32.2. The summed E-state index contributed by atoms with van der Waals surface area (Å²) in [5.74, 6) is 0.515. The third-order valence-electron chi connectivity index (χ3n) is 4.81. The van der Waals surface area contributed by atoms with Crippen molar-refractivity contribution in [1.29, 1.82) is 0 Å². The van der Waals surface area contributed by atoms with Crippen LogP contribution in [0.25, 0.3) is 0 Å². The lowest BCUT2D eigenvalue weighted by Crippen LogP contribution is -2.39. The number of para-hydroxylation sites is 1. The highest BCUT2D eigenvalue weighted by molar-refractivity contribution is 7.92. The number of sulfonamides is 1. The van der Waals surface area contributed by atoms with E-state index in [1.165, 1.54) is 19.2 Å². The van der Waals surface area contributed by atoms with Crippen LogP contribution in [0, 0.1) is 0 Å². The topological polar surface area (TPSA) is 97.3 Å². The Morgan fingerprint density at radius 1 is 0.909 bits per heavy atom. The molecular formula is C24H25N3O5S. The number of nitrogens with zero attached hydrogens (tertiary/aromatic N) is 2. The summed E-state index contributed by atoms with van der Waals surface area (Å²) in [4.78, 5) is 12.8. The molecule has 0 heterocycles. The molecule has 1 N–H and O–H groups in total. The zero-order chi connectivity index (χ0) is 23.8. The minimum atomic E-state index is -3.96. The Hall–Kier alpha value is -3.85. The van der Waals surface area contributed by atoms with E-state index in [9.17, 15) is 13.2 Å². The number of anilines is 1. The molecule has 0 saturated heterocycles. The predicted molar refractivity (Wildman–Crippen MR) is 127 cm³/mol. The van der Waals surface area contributed by atoms with Gasteiger partial charge in [0.2, 0.25) is 0 Å². The molecule has 0 radical (unpaired) electrons. The fourth-order valence-corrected chi connectivity index (χ4v) is 4.51. The molecule has 0 fully saturated rings. The Kier molecular flexibility index (Phi) is 7.68. The van der Waals surface area contributed by atoms with Gasteiger partial charge in [0.05, 0.1) is 30.5 Å². The molecule has 3 aromatic carbocycles. The molecule has 0 bridgehead atoms. The van der Waals surface area contributed by atoms with Gasteiger partial charge in [0.1, 0.15) is 6.54 Å². The average molecular weight is 468 g/mol. The fourth-order valence-electron chi connectivity index (χ4n) is 3.07. The maximum Gasteiger partial charge on any atom is 0.264 e. The third-order valence-corrected chi connectivity index (χ3v) is 6.60. The number of amides is 1. The van der Waals surface area contributed by atoms with Crippen molar-refractivity contribution in [3.05, 3.63) is 84.4 Å². The normalized spacial score (nSPS) is 11.5. The van der Waals surface area contributed by atoms with Crippen LogP contribution in [-0.4, -0.2) is 40.8 Å². The highest BCUT2D eigenvalue weighted by Crippen LogP contribution is 2.28. The molecule has 0 aromatic heterocycles. The predicted octanol–water partition coefficient (Wildman–Crippen LogP) is 3.44. The summed E-state index contributed by atoms with van der Waals surface area (Å²) in [6.07, 6.45) is 0. The maximum absolute atomic E-state index is 13.2. The first kappa shape index (κ1) is 23.8. The molecular weight excluding hydrogens is 442 g/mol. The van der Waals surface area contributed by atoms with Crippen molar-refractivity contribution >= 4 is 27.3 Å². The third kappa shape index (κ3) is 5.69. The van der Waals surface area contributed by atoms with Crippen LogP contribution in [0.1, 0.15) is 12.5 Å². The summed E-state index contributed by atoms with van der Waals surface area (Å²) < 4.78 is 38.1. The van der Waals surface area contributed by atoms with Gasteiger partial charge < -0.3 is 9.47 Å². The molecule has 33 heavy (non-hydrogen) atoms. The lowest BCUT2D eigenvalue weighted by molar-refractivity contribution is -0.119. The standard InChI is InChI=1S/C24H25N3O5S/c1-18(19-14-15-22(31-2)23(16-19)32-3)25-26-24(28)17-27(20-10-6-4-7-11-20)33(29,30)21-12-8-5-9-13-21/h4-16H,17H2,1-3H3,(H,26,28)/b25-18+. The zero-order valence-corrected chi connectivity index (χ0v) is 19.4. The number of hydrazone groups is 1. The number of carbonyl (C=O) groups excluding carboxylic acids is 1. The Morgan fingerprint density at radius 3 is 2.12 bits per heavy atom. The Morgan fingerprint density at radius 2 is 1.52 bits per heavy atom. The Bertz CT molecular complexity index is 1230. The molecule has 0 atom stereocenters. The van der Waals surface area contributed by atoms with E-state index >= 15 is 0 Å². The number of nitrogens with one attached hydrogen (secondary N) is 1. The van der Waals surface area contributed by atoms with Gasteiger partial charge in [0.25, 0.3) is 15.9 Å². The molecule has 0 aliphatic carbocycles. The molecule has 0 aliphatic rings. The molecule has 0 unspecified atom stereocenters. The van der Waals surface area contributed by atoms with E-state index in [4.69, 9.17) is 9.47 Å². The lowest BCUT2D eigenvalue weighted by Gasteiger charge is -2.23. The number of rotatable bonds is 9. The second-order valence-corrected chi connectivity index (χ2v) is 8.82. The SMILES string of the molecule is COc1ccc(/C(C)=N/NC(=O)CN(c2ccccc2)S(=O)(=O)c2ccccc2)cc1OC. The lowest BCUT2D eigenvalue weighted by atomic mass is 10.1. The van der Waals surface area contributed by atoms with E-state index < -0.39 is 22.5 Å². The van der Waals surface area contributed by atoms with Crippen LogP contribution in [0.2, 0.25) is 0 Å². The highest BCUT2D eigenvalue weighted by Gasteiger charge is 2.26. The first-order valence-corrected chi connectivity index (χ1v) is 11.5. The minimum absolute atomic E-state index is 0.0895. The first-order chi connectivity index (χ1) is 15.9. The van der Waals surface area contributed by atoms with Gasteiger partial charge in [-0.1, -0.05) is 36.4 Å². The average Bonchev–Trinajstić information content (AvgIpc) is 2.86. The summed E-state index contributed by atoms with van der Waals surface area (Å²) in [7, 11) is -0.892. The molecule has 0 saturated carbocycles. The number of carbonyl (C=O) groups is 1. The summed E-state index contributed by atoms with van der Waals surface area (Å²) in [6, 6.07) is 21.7. The summed E-state index contributed by atoms with van der Waals surface area (Å²) >= 11 is 0. The van der Waals surface area contributed by atoms with Crippen molar-refractivity contribution in [1.82, 2.24) is 5.43 Å². The Labute approximate surface area is 193 Å². The van der Waals surface area contributed by atoms with Crippen molar-refractivity contribution in [2.45, 2.75) is 11.8 Å². The summed E-state index contributed by atoms with van der Waals surface area (Å²) in [5, 5.41) is 4.13. The van der Waals surface area contributed by atoms with Gasteiger partial charge in [0.15, 0.2) is 11.5 Å². The summed E-state index contributed by atoms with van der Waals surface area (Å²) in [6.45, 7) is 1.28. The van der Waals surface area contributed by atoms with E-state index in [0.717, 1.165) is 4.31 Å². The van der Waals surface area contributed by atoms with Crippen molar-refractivity contribution in [2.75, 3.05) is 25.1 Å². The second-order valence-electron chi connectivity index (χ2n) is 6.96. The van der Waals surface area contributed by atoms with Crippen LogP contribution < -0.4 is 19.2 Å². The van der Waals surface area contributed by atoms with Crippen molar-refractivity contribution in [2.24, 2.45) is 5.10 Å². The summed E-state index contributed by atoms with van der Waals surface area (Å²) in [5.41, 5.74) is 4.04. The van der Waals surface area contributed by atoms with E-state index in [2.05, 4.69) is 10.5 Å². The maximum atomic E-state index is 13.2. The smallest absolute Gasteiger partial charge is 0.264 e. The van der Waals surface area contributed by atoms with Gasteiger partial charge in [-0.25, -0.2) is 13.8 Å². The number of hydrogen-bond acceptors (Lipinski definition) is 6. The van der Waals surface area contributed by atoms with Crippen LogP contribution in [0.3, 0.4) is 0 Å². The molecule has 3 rings (SSSR count). The number of ether oxygens (including phenoxy) is 2. The van der Waals surface area contributed by atoms with Crippen LogP contribution in [0.15, 0.2) is 88.9 Å². The van der Waals surface area contributed by atoms with Gasteiger partial charge in [0, 0.05) is 5.56 Å². The number of methoxy groups -OCH3 is 2. The van der Waals surface area contributed by atoms with Crippen molar-refractivity contribution in [3.8, 4) is 11.5 Å². The van der Waals surface area contributed by atoms with E-state index in [0.29, 0.717) is 28.5 Å². The second kappa shape index (κ2) is 10.6. The molecule has 8 nitrogen and oxygen atoms in total. The van der Waals surface area contributed by atoms with Crippen molar-refractivity contribution in [3.63, 3.8) is 0 Å². The van der Waals surface area contributed by atoms with Crippen LogP contribution in [-0.2, 0) is 14.8 Å². The number of benzene rings is 3. The van der Waals surface area contributed by atoms with Crippen LogP contribution >= 0.6 is 0 Å². The van der Waals surface area contributed by atoms with Gasteiger partial charge >= 0.3 is 0 Å². The van der Waals surface area contributed by atoms with Crippen LogP contribution in [0.5, 0.6) is 11.5 Å². The fraction of sp³-hybridized carbons (Fsp3) is 0.167. The van der Waals surface area contributed by atoms with E-state index in [1.807, 2.05) is 0 Å². The minimum Gasteiger partial charge on any atom is -0.493 e. The quantitative estimate of drug-likeness (QED) is 0.384. The first-order valence-electron chi connectivity index (χ1n) is 10.0.